The van der Waals surface area contributed by atoms with E-state index in [1.165, 1.54) is 32.3 Å². The number of esters is 5. The van der Waals surface area contributed by atoms with Crippen molar-refractivity contribution in [3.05, 3.63) is 30.1 Å². The van der Waals surface area contributed by atoms with Gasteiger partial charge in [0.1, 0.15) is 29.0 Å². The molecule has 0 aromatic carbocycles. The lowest BCUT2D eigenvalue weighted by molar-refractivity contribution is -0.257. The number of rotatable bonds is 7. The molecule has 0 radical (unpaired) electrons. The van der Waals surface area contributed by atoms with Gasteiger partial charge in [0.05, 0.1) is 23.5 Å². The van der Waals surface area contributed by atoms with Crippen LogP contribution in [0.4, 0.5) is 0 Å². The van der Waals surface area contributed by atoms with Crippen LogP contribution in [0.25, 0.3) is 0 Å². The van der Waals surface area contributed by atoms with Gasteiger partial charge in [0.2, 0.25) is 0 Å². The van der Waals surface area contributed by atoms with Gasteiger partial charge in [-0.2, -0.15) is 0 Å². The maximum atomic E-state index is 15.3. The van der Waals surface area contributed by atoms with E-state index in [0.29, 0.717) is 0 Å². The Bertz CT molecular complexity index is 1580. The first kappa shape index (κ1) is 34.9. The molecule has 1 N–H and O–H groups in total. The van der Waals surface area contributed by atoms with E-state index in [-0.39, 0.29) is 24.8 Å². The molecule has 0 spiro atoms. The topological polar surface area (TPSA) is 191 Å². The monoisotopic (exact) mass is 685 g/mol. The summed E-state index contributed by atoms with van der Waals surface area (Å²) in [7, 11) is 0. The third-order valence-corrected chi connectivity index (χ3v) is 11.7. The lowest BCUT2D eigenvalue weighted by Crippen LogP contribution is -2.75. The zero-order chi connectivity index (χ0) is 35.8. The molecule has 0 amide bonds. The number of fused-ring (bicyclic) bond motifs is 2. The Morgan fingerprint density at radius 2 is 1.67 bits per heavy atom. The number of carbonyl (C=O) groups excluding carboxylic acids is 6. The summed E-state index contributed by atoms with van der Waals surface area (Å²) in [6.07, 6.45) is -2.62. The van der Waals surface area contributed by atoms with E-state index in [9.17, 15) is 29.1 Å². The Morgan fingerprint density at radius 1 is 0.980 bits per heavy atom. The van der Waals surface area contributed by atoms with Crippen LogP contribution in [-0.2, 0) is 52.4 Å². The molecule has 4 aliphatic carbocycles. The Kier molecular flexibility index (Phi) is 8.45. The molecule has 1 saturated heterocycles. The molecule has 4 saturated carbocycles. The van der Waals surface area contributed by atoms with Gasteiger partial charge in [-0.25, -0.2) is 4.79 Å². The molecule has 14 nitrogen and oxygen atoms in total. The molecule has 1 aromatic rings. The third kappa shape index (κ3) is 5.07. The molecular formula is C35H43NO13. The van der Waals surface area contributed by atoms with Crippen LogP contribution in [0.2, 0.25) is 0 Å². The highest BCUT2D eigenvalue weighted by Crippen LogP contribution is 2.72. The van der Waals surface area contributed by atoms with E-state index in [1.54, 1.807) is 33.8 Å². The maximum Gasteiger partial charge on any atom is 0.340 e. The number of nitrogens with zero attached hydrogens (tertiary/aromatic N) is 1. The van der Waals surface area contributed by atoms with Crippen LogP contribution in [0.1, 0.15) is 78.1 Å². The molecule has 1 aromatic heterocycles. The van der Waals surface area contributed by atoms with Crippen LogP contribution in [-0.4, -0.2) is 93.5 Å². The van der Waals surface area contributed by atoms with Crippen LogP contribution in [0, 0.1) is 35.0 Å². The van der Waals surface area contributed by atoms with Crippen molar-refractivity contribution in [2.75, 3.05) is 6.61 Å². The SMILES string of the molecule is CCC(=O)O[C@@H]1[C@@H]2[C@@H](OC(C)=O)[C@@]34CO[C@@](C)([C@H](OC(C)=O)[C@@]2(O)C[C@@H]1C)[C@@H]3[C@@H]1[C@@H](C[C@]1(C)OC(C)=O)[C@@H](OC(=O)c1cccnc1)C4=O. The van der Waals surface area contributed by atoms with Gasteiger partial charge in [-0.3, -0.25) is 29.0 Å². The highest BCUT2D eigenvalue weighted by atomic mass is 16.6. The van der Waals surface area contributed by atoms with Gasteiger partial charge < -0.3 is 33.5 Å². The summed E-state index contributed by atoms with van der Waals surface area (Å²) >= 11 is 0. The molecule has 266 valence electrons. The quantitative estimate of drug-likeness (QED) is 0.324. The Hall–Kier alpha value is -3.91. The second kappa shape index (κ2) is 11.9. The fourth-order valence-corrected chi connectivity index (χ4v) is 10.2. The van der Waals surface area contributed by atoms with Gasteiger partial charge in [-0.15, -0.1) is 0 Å². The van der Waals surface area contributed by atoms with Gasteiger partial charge in [0.25, 0.3) is 0 Å². The van der Waals surface area contributed by atoms with Gasteiger partial charge in [-0.05, 0) is 44.7 Å². The molecule has 2 heterocycles. The minimum absolute atomic E-state index is 0.00433. The number of hydrogen-bond acceptors (Lipinski definition) is 14. The van der Waals surface area contributed by atoms with E-state index in [1.807, 2.05) is 0 Å². The number of carbonyl (C=O) groups is 6. The molecular weight excluding hydrogens is 642 g/mol. The number of pyridine rings is 1. The molecule has 1 aliphatic heterocycles. The second-order valence-electron chi connectivity index (χ2n) is 14.7. The van der Waals surface area contributed by atoms with Crippen LogP contribution >= 0.6 is 0 Å². The summed E-state index contributed by atoms with van der Waals surface area (Å²) in [5, 5.41) is 12.9. The van der Waals surface area contributed by atoms with Gasteiger partial charge in [0, 0.05) is 57.3 Å². The van der Waals surface area contributed by atoms with Gasteiger partial charge in [0.15, 0.2) is 18.0 Å². The number of hydrogen-bond donors (Lipinski definition) is 1. The first-order valence-corrected chi connectivity index (χ1v) is 16.7. The third-order valence-electron chi connectivity index (χ3n) is 11.7. The first-order valence-electron chi connectivity index (χ1n) is 16.7. The van der Waals surface area contributed by atoms with Crippen molar-refractivity contribution in [3.8, 4) is 0 Å². The summed E-state index contributed by atoms with van der Waals surface area (Å²) in [6, 6.07) is 3.04. The zero-order valence-electron chi connectivity index (χ0n) is 28.6. The molecule has 14 heteroatoms. The molecule has 0 unspecified atom stereocenters. The zero-order valence-corrected chi connectivity index (χ0v) is 28.6. The number of ketones is 1. The lowest BCUT2D eigenvalue weighted by atomic mass is 9.42. The normalized spacial score (nSPS) is 43.0. The van der Waals surface area contributed by atoms with Crippen LogP contribution in [0.3, 0.4) is 0 Å². The largest absolute Gasteiger partial charge is 0.462 e. The van der Waals surface area contributed by atoms with E-state index < -0.39 is 118 Å². The van der Waals surface area contributed by atoms with Crippen LogP contribution in [0.5, 0.6) is 0 Å². The highest BCUT2D eigenvalue weighted by Gasteiger charge is 2.86. The molecule has 2 bridgehead atoms. The summed E-state index contributed by atoms with van der Waals surface area (Å²) in [5.74, 6) is -8.47. The summed E-state index contributed by atoms with van der Waals surface area (Å²) < 4.78 is 36.5. The fraction of sp³-hybridized carbons (Fsp3) is 0.686. The molecule has 5 fully saturated rings. The van der Waals surface area contributed by atoms with Gasteiger partial charge in [-0.1, -0.05) is 13.8 Å². The van der Waals surface area contributed by atoms with Crippen molar-refractivity contribution in [2.24, 2.45) is 35.0 Å². The molecule has 13 atom stereocenters. The smallest absolute Gasteiger partial charge is 0.340 e. The van der Waals surface area contributed by atoms with Crippen molar-refractivity contribution >= 4 is 35.6 Å². The molecule has 49 heavy (non-hydrogen) atoms. The number of aliphatic hydroxyl groups is 1. The van der Waals surface area contributed by atoms with E-state index >= 15 is 4.79 Å². The second-order valence-corrected chi connectivity index (χ2v) is 14.7. The standard InChI is InChI=1S/C35H43NO13/c1-8-22(40)47-25-16(2)12-35(43)24(25)29(45-17(3)37)34-15-44-33(7,31(35)46-18(4)38)27(34)23-21(13-32(23,6)49-19(5)39)26(28(34)41)48-30(42)20-10-9-11-36-14-20/h9-11,14,16,21,23-27,29,31,43H,8,12-13,15H2,1-7H3/t16-,21+,23-,24+,25-,26+,27-,29+,31-,32-,33+,34-,35+/m0/s1. The maximum absolute atomic E-state index is 15.3. The van der Waals surface area contributed by atoms with Crippen molar-refractivity contribution in [2.45, 2.75) is 109 Å². The van der Waals surface area contributed by atoms with Crippen molar-refractivity contribution < 1.29 is 62.3 Å². The number of Topliss-reactive ketones (excluding diaryl/α,β-unsaturated/α-hetero) is 1. The predicted octanol–water partition coefficient (Wildman–Crippen LogP) is 2.13. The van der Waals surface area contributed by atoms with Crippen LogP contribution < -0.4 is 0 Å². The lowest BCUT2D eigenvalue weighted by Gasteiger charge is -2.64. The van der Waals surface area contributed by atoms with Crippen molar-refractivity contribution in [1.29, 1.82) is 0 Å². The minimum atomic E-state index is -2.04. The molecule has 5 aliphatic rings. The summed E-state index contributed by atoms with van der Waals surface area (Å²) in [4.78, 5) is 84.0. The number of ether oxygens (including phenoxy) is 6. The number of aromatic nitrogens is 1. The molecule has 6 rings (SSSR count). The Morgan fingerprint density at radius 3 is 2.27 bits per heavy atom. The predicted molar refractivity (Wildman–Crippen MR) is 164 cm³/mol. The van der Waals surface area contributed by atoms with Gasteiger partial charge >= 0.3 is 29.8 Å². The average molecular weight is 686 g/mol. The summed E-state index contributed by atoms with van der Waals surface area (Å²) in [6.45, 7) is 9.89. The average Bonchev–Trinajstić information content (AvgIpc) is 3.44. The van der Waals surface area contributed by atoms with Crippen LogP contribution in [0.15, 0.2) is 24.5 Å². The van der Waals surface area contributed by atoms with Crippen molar-refractivity contribution in [3.63, 3.8) is 0 Å². The Labute approximate surface area is 283 Å². The Balaban J connectivity index is 1.61. The van der Waals surface area contributed by atoms with Crippen molar-refractivity contribution in [1.82, 2.24) is 4.98 Å². The summed E-state index contributed by atoms with van der Waals surface area (Å²) in [5.41, 5.74) is -6.65. The fourth-order valence-electron chi connectivity index (χ4n) is 10.2. The van der Waals surface area contributed by atoms with E-state index in [2.05, 4.69) is 4.98 Å². The van der Waals surface area contributed by atoms with E-state index in [4.69, 9.17) is 28.4 Å². The minimum Gasteiger partial charge on any atom is -0.462 e. The first-order chi connectivity index (χ1) is 22.9. The highest BCUT2D eigenvalue weighted by molar-refractivity contribution is 5.97. The van der Waals surface area contributed by atoms with E-state index in [0.717, 1.165) is 6.92 Å².